The lowest BCUT2D eigenvalue weighted by Crippen LogP contribution is -2.43. The Kier molecular flexibility index (Phi) is 5.40. The molecule has 3 heterocycles. The number of nitrogens with one attached hydrogen (secondary N) is 2. The quantitative estimate of drug-likeness (QED) is 0.607. The second-order valence-corrected chi connectivity index (χ2v) is 10.1. The summed E-state index contributed by atoms with van der Waals surface area (Å²) in [4.78, 5) is 26.6. The van der Waals surface area contributed by atoms with Gasteiger partial charge in [0, 0.05) is 69.3 Å². The van der Waals surface area contributed by atoms with Crippen LogP contribution in [0.3, 0.4) is 0 Å². The summed E-state index contributed by atoms with van der Waals surface area (Å²) < 4.78 is 2.22. The molecule has 2 saturated carbocycles. The average molecular weight is 460 g/mol. The first-order valence-corrected chi connectivity index (χ1v) is 12.5. The summed E-state index contributed by atoms with van der Waals surface area (Å²) >= 11 is 0. The molecule has 1 aromatic carbocycles. The fourth-order valence-electron chi connectivity index (χ4n) is 5.80. The second-order valence-electron chi connectivity index (χ2n) is 10.1. The van der Waals surface area contributed by atoms with Crippen LogP contribution < -0.4 is 15.5 Å². The van der Waals surface area contributed by atoms with Crippen molar-refractivity contribution in [2.75, 3.05) is 50.5 Å². The molecule has 3 fully saturated rings. The first kappa shape index (κ1) is 21.4. The molecule has 2 aliphatic carbocycles. The fraction of sp³-hybridized carbons (Fsp3) is 0.500. The Balaban J connectivity index is 1.31. The van der Waals surface area contributed by atoms with Gasteiger partial charge in [-0.25, -0.2) is 4.98 Å². The summed E-state index contributed by atoms with van der Waals surface area (Å²) in [7, 11) is 3.63. The molecule has 3 atom stereocenters. The van der Waals surface area contributed by atoms with E-state index in [1.54, 1.807) is 4.90 Å². The molecule has 1 aliphatic heterocycles. The van der Waals surface area contributed by atoms with Gasteiger partial charge in [-0.1, -0.05) is 12.8 Å². The Hall–Kier alpha value is -3.13. The second kappa shape index (κ2) is 8.58. The van der Waals surface area contributed by atoms with Crippen molar-refractivity contribution >= 4 is 34.3 Å². The van der Waals surface area contributed by atoms with Crippen LogP contribution in [0.1, 0.15) is 42.2 Å². The van der Waals surface area contributed by atoms with Gasteiger partial charge in [-0.05, 0) is 55.0 Å². The number of benzene rings is 1. The van der Waals surface area contributed by atoms with E-state index in [0.29, 0.717) is 17.9 Å². The number of carbonyl (C=O) groups excluding carboxylic acids is 1. The van der Waals surface area contributed by atoms with Crippen LogP contribution in [-0.2, 0) is 0 Å². The number of nitrogens with zero attached hydrogens (tertiary/aromatic N) is 5. The van der Waals surface area contributed by atoms with E-state index in [1.807, 2.05) is 26.4 Å². The van der Waals surface area contributed by atoms with Gasteiger partial charge in [-0.2, -0.15) is 4.98 Å². The highest BCUT2D eigenvalue weighted by Crippen LogP contribution is 2.55. The normalized spacial score (nSPS) is 24.1. The fourth-order valence-corrected chi connectivity index (χ4v) is 5.80. The zero-order valence-corrected chi connectivity index (χ0v) is 20.0. The molecule has 2 aromatic heterocycles. The van der Waals surface area contributed by atoms with Crippen molar-refractivity contribution < 1.29 is 4.79 Å². The summed E-state index contributed by atoms with van der Waals surface area (Å²) in [6, 6.07) is 10.8. The van der Waals surface area contributed by atoms with E-state index in [1.165, 1.54) is 24.9 Å². The number of hydrogen-bond donors (Lipinski definition) is 2. The Morgan fingerprint density at radius 2 is 1.94 bits per heavy atom. The van der Waals surface area contributed by atoms with Crippen molar-refractivity contribution in [1.82, 2.24) is 24.8 Å². The van der Waals surface area contributed by atoms with E-state index in [4.69, 9.17) is 4.98 Å². The third kappa shape index (κ3) is 3.90. The van der Waals surface area contributed by atoms with Crippen LogP contribution in [0.4, 0.5) is 17.3 Å². The predicted molar refractivity (Wildman–Crippen MR) is 135 cm³/mol. The van der Waals surface area contributed by atoms with Crippen LogP contribution in [0.25, 0.3) is 11.0 Å². The zero-order chi connectivity index (χ0) is 23.2. The number of rotatable bonds is 5. The van der Waals surface area contributed by atoms with Crippen molar-refractivity contribution in [1.29, 1.82) is 0 Å². The smallest absolute Gasteiger partial charge is 0.270 e. The largest absolute Gasteiger partial charge is 0.369 e. The molecule has 3 aliphatic rings. The molecular weight excluding hydrogens is 426 g/mol. The molecule has 3 aromatic rings. The highest BCUT2D eigenvalue weighted by Gasteiger charge is 2.47. The third-order valence-electron chi connectivity index (χ3n) is 7.68. The Morgan fingerprint density at radius 3 is 2.71 bits per heavy atom. The van der Waals surface area contributed by atoms with Gasteiger partial charge in [0.05, 0.1) is 0 Å². The molecule has 8 heteroatoms. The predicted octanol–water partition coefficient (Wildman–Crippen LogP) is 3.65. The van der Waals surface area contributed by atoms with Crippen molar-refractivity contribution in [3.8, 4) is 0 Å². The van der Waals surface area contributed by atoms with Gasteiger partial charge in [0.2, 0.25) is 5.95 Å². The first-order chi connectivity index (χ1) is 16.6. The van der Waals surface area contributed by atoms with Gasteiger partial charge < -0.3 is 25.0 Å². The number of anilines is 3. The standard InChI is InChI=1S/C26H33N7O/c1-31(2)25(34)23-15-18-16-28-26(30-24(18)33(23)22-5-3-4-17-14-21(17)22)29-19-6-8-20(9-7-19)32-12-10-27-11-13-32/h6-9,15-17,21-22,27H,3-5,10-14H2,1-2H3,(H,28,29,30). The highest BCUT2D eigenvalue weighted by molar-refractivity contribution is 5.98. The maximum Gasteiger partial charge on any atom is 0.270 e. The van der Waals surface area contributed by atoms with Crippen molar-refractivity contribution in [2.45, 2.75) is 31.7 Å². The molecule has 0 bridgehead atoms. The molecule has 8 nitrogen and oxygen atoms in total. The summed E-state index contributed by atoms with van der Waals surface area (Å²) in [5, 5.41) is 7.70. The summed E-state index contributed by atoms with van der Waals surface area (Å²) in [6.07, 6.45) is 6.77. The molecule has 6 rings (SSSR count). The molecule has 0 radical (unpaired) electrons. The summed E-state index contributed by atoms with van der Waals surface area (Å²) in [5.41, 5.74) is 3.78. The SMILES string of the molecule is CN(C)C(=O)c1cc2cnc(Nc3ccc(N4CCNCC4)cc3)nc2n1C1CCCC2CC21. The van der Waals surface area contributed by atoms with Gasteiger partial charge in [0.25, 0.3) is 5.91 Å². The first-order valence-electron chi connectivity index (χ1n) is 12.5. The van der Waals surface area contributed by atoms with E-state index in [0.717, 1.165) is 60.9 Å². The van der Waals surface area contributed by atoms with Gasteiger partial charge in [-0.3, -0.25) is 4.79 Å². The summed E-state index contributed by atoms with van der Waals surface area (Å²) in [6.45, 7) is 4.10. The summed E-state index contributed by atoms with van der Waals surface area (Å²) in [5.74, 6) is 2.07. The number of aromatic nitrogens is 3. The third-order valence-corrected chi connectivity index (χ3v) is 7.68. The van der Waals surface area contributed by atoms with Crippen LogP contribution in [-0.4, -0.2) is 65.6 Å². The van der Waals surface area contributed by atoms with E-state index in [-0.39, 0.29) is 5.91 Å². The molecule has 178 valence electrons. The minimum atomic E-state index is 0.0267. The van der Waals surface area contributed by atoms with Crippen LogP contribution in [0.2, 0.25) is 0 Å². The van der Waals surface area contributed by atoms with E-state index in [9.17, 15) is 4.79 Å². The lowest BCUT2D eigenvalue weighted by Gasteiger charge is -2.29. The van der Waals surface area contributed by atoms with Crippen molar-refractivity contribution in [3.63, 3.8) is 0 Å². The monoisotopic (exact) mass is 459 g/mol. The van der Waals surface area contributed by atoms with Gasteiger partial charge in [0.15, 0.2) is 0 Å². The Morgan fingerprint density at radius 1 is 1.15 bits per heavy atom. The van der Waals surface area contributed by atoms with E-state index < -0.39 is 0 Å². The topological polar surface area (TPSA) is 78.3 Å². The number of piperazine rings is 1. The molecule has 2 N–H and O–H groups in total. The molecule has 1 amide bonds. The zero-order valence-electron chi connectivity index (χ0n) is 20.0. The van der Waals surface area contributed by atoms with E-state index >= 15 is 0 Å². The molecule has 3 unspecified atom stereocenters. The maximum absolute atomic E-state index is 13.1. The Labute approximate surface area is 200 Å². The van der Waals surface area contributed by atoms with Gasteiger partial charge in [0.1, 0.15) is 11.3 Å². The van der Waals surface area contributed by atoms with Crippen LogP contribution >= 0.6 is 0 Å². The van der Waals surface area contributed by atoms with Crippen LogP contribution in [0.15, 0.2) is 36.5 Å². The average Bonchev–Trinajstić information content (AvgIpc) is 3.57. The molecule has 1 saturated heterocycles. The number of carbonyl (C=O) groups is 1. The van der Waals surface area contributed by atoms with Gasteiger partial charge in [-0.15, -0.1) is 0 Å². The number of hydrogen-bond acceptors (Lipinski definition) is 6. The highest BCUT2D eigenvalue weighted by atomic mass is 16.2. The van der Waals surface area contributed by atoms with Crippen molar-refractivity contribution in [2.24, 2.45) is 11.8 Å². The van der Waals surface area contributed by atoms with Crippen molar-refractivity contribution in [3.05, 3.63) is 42.2 Å². The van der Waals surface area contributed by atoms with E-state index in [2.05, 4.69) is 49.4 Å². The lowest BCUT2D eigenvalue weighted by molar-refractivity contribution is 0.0813. The number of amides is 1. The maximum atomic E-state index is 13.1. The van der Waals surface area contributed by atoms with Crippen LogP contribution in [0.5, 0.6) is 0 Å². The van der Waals surface area contributed by atoms with Crippen LogP contribution in [0, 0.1) is 11.8 Å². The minimum absolute atomic E-state index is 0.0267. The Bertz CT molecular complexity index is 1200. The molecule has 0 spiro atoms. The lowest BCUT2D eigenvalue weighted by atomic mass is 9.95. The molecular formula is C26H33N7O. The molecule has 34 heavy (non-hydrogen) atoms. The minimum Gasteiger partial charge on any atom is -0.369 e. The number of fused-ring (bicyclic) bond motifs is 2. The van der Waals surface area contributed by atoms with Gasteiger partial charge >= 0.3 is 0 Å².